The lowest BCUT2D eigenvalue weighted by atomic mass is 9.96. The summed E-state index contributed by atoms with van der Waals surface area (Å²) in [7, 11) is 0. The van der Waals surface area contributed by atoms with Crippen LogP contribution in [0.2, 0.25) is 0 Å². The third-order valence-corrected chi connectivity index (χ3v) is 3.66. The summed E-state index contributed by atoms with van der Waals surface area (Å²) in [5, 5.41) is 9.98. The largest absolute Gasteiger partial charge is 0.391 e. The van der Waals surface area contributed by atoms with Crippen molar-refractivity contribution in [3.8, 4) is 0 Å². The van der Waals surface area contributed by atoms with Crippen LogP contribution in [-0.2, 0) is 14.3 Å². The van der Waals surface area contributed by atoms with Gasteiger partial charge in [-0.2, -0.15) is 0 Å². The highest BCUT2D eigenvalue weighted by atomic mass is 16.8. The zero-order valence-corrected chi connectivity index (χ0v) is 9.55. The van der Waals surface area contributed by atoms with Gasteiger partial charge in [0.15, 0.2) is 5.79 Å². The summed E-state index contributed by atoms with van der Waals surface area (Å²) in [6, 6.07) is -0.215. The number of nitrogens with zero attached hydrogens (tertiary/aromatic N) is 1. The van der Waals surface area contributed by atoms with Crippen LogP contribution in [-0.4, -0.2) is 52.6 Å². The minimum Gasteiger partial charge on any atom is -0.391 e. The van der Waals surface area contributed by atoms with Crippen molar-refractivity contribution in [1.29, 1.82) is 0 Å². The van der Waals surface area contributed by atoms with E-state index in [9.17, 15) is 9.90 Å². The van der Waals surface area contributed by atoms with Gasteiger partial charge in [-0.3, -0.25) is 4.79 Å². The second kappa shape index (κ2) is 3.18. The summed E-state index contributed by atoms with van der Waals surface area (Å²) >= 11 is 0. The van der Waals surface area contributed by atoms with Crippen molar-refractivity contribution < 1.29 is 19.4 Å². The van der Waals surface area contributed by atoms with Crippen molar-refractivity contribution >= 4 is 5.91 Å². The van der Waals surface area contributed by atoms with Crippen LogP contribution in [0.1, 0.15) is 26.7 Å². The normalized spacial score (nSPS) is 45.7. The Labute approximate surface area is 94.3 Å². The molecule has 0 bridgehead atoms. The van der Waals surface area contributed by atoms with E-state index < -0.39 is 11.9 Å². The quantitative estimate of drug-likeness (QED) is 0.626. The molecule has 0 aromatic rings. The molecule has 0 saturated carbocycles. The highest BCUT2D eigenvalue weighted by molar-refractivity contribution is 5.78. The molecule has 3 aliphatic rings. The Balaban J connectivity index is 1.86. The van der Waals surface area contributed by atoms with Gasteiger partial charge in [0, 0.05) is 6.42 Å². The average Bonchev–Trinajstić information content (AvgIpc) is 2.64. The molecule has 5 heteroatoms. The monoisotopic (exact) mass is 227 g/mol. The van der Waals surface area contributed by atoms with Crippen molar-refractivity contribution in [3.63, 3.8) is 0 Å². The lowest BCUT2D eigenvalue weighted by Crippen LogP contribution is -2.52. The van der Waals surface area contributed by atoms with Gasteiger partial charge in [0.2, 0.25) is 5.91 Å². The molecule has 0 aliphatic carbocycles. The maximum Gasteiger partial charge on any atom is 0.223 e. The number of carbonyl (C=O) groups excluding carboxylic acids is 1. The molecule has 3 heterocycles. The predicted molar refractivity (Wildman–Crippen MR) is 54.6 cm³/mol. The molecule has 0 unspecified atom stereocenters. The van der Waals surface area contributed by atoms with E-state index in [2.05, 4.69) is 0 Å². The smallest absolute Gasteiger partial charge is 0.223 e. The SMILES string of the molecule is CC1(C)O[C@H]2[C@H]3[C@H](O)CCC(=O)N3C[C@H]2O1. The third kappa shape index (κ3) is 1.38. The Kier molecular flexibility index (Phi) is 2.09. The molecular weight excluding hydrogens is 210 g/mol. The van der Waals surface area contributed by atoms with E-state index in [0.29, 0.717) is 19.4 Å². The molecule has 0 radical (unpaired) electrons. The first-order valence-electron chi connectivity index (χ1n) is 5.81. The predicted octanol–water partition coefficient (Wildman–Crippen LogP) is -0.128. The van der Waals surface area contributed by atoms with E-state index in [1.807, 2.05) is 13.8 Å². The number of aliphatic hydroxyl groups is 1. The van der Waals surface area contributed by atoms with Gasteiger partial charge in [0.1, 0.15) is 12.2 Å². The molecule has 16 heavy (non-hydrogen) atoms. The molecule has 4 atom stereocenters. The topological polar surface area (TPSA) is 59.0 Å². The van der Waals surface area contributed by atoms with E-state index >= 15 is 0 Å². The summed E-state index contributed by atoms with van der Waals surface area (Å²) < 4.78 is 11.5. The molecule has 1 N–H and O–H groups in total. The number of fused-ring (bicyclic) bond motifs is 3. The molecule has 3 saturated heterocycles. The van der Waals surface area contributed by atoms with Crippen molar-refractivity contribution in [2.45, 2.75) is 56.8 Å². The molecule has 3 rings (SSSR count). The van der Waals surface area contributed by atoms with Gasteiger partial charge in [-0.05, 0) is 20.3 Å². The lowest BCUT2D eigenvalue weighted by molar-refractivity contribution is -0.176. The molecular formula is C11H17NO4. The lowest BCUT2D eigenvalue weighted by Gasteiger charge is -2.36. The number of piperidine rings is 1. The van der Waals surface area contributed by atoms with Crippen molar-refractivity contribution in [3.05, 3.63) is 0 Å². The Morgan fingerprint density at radius 1 is 1.44 bits per heavy atom. The highest BCUT2D eigenvalue weighted by Gasteiger charge is 2.56. The molecule has 0 spiro atoms. The maximum atomic E-state index is 11.7. The first-order chi connectivity index (χ1) is 7.48. The minimum absolute atomic E-state index is 0.0864. The van der Waals surface area contributed by atoms with Gasteiger partial charge < -0.3 is 19.5 Å². The molecule has 5 nitrogen and oxygen atoms in total. The fraction of sp³-hybridized carbons (Fsp3) is 0.909. The van der Waals surface area contributed by atoms with E-state index in [1.165, 1.54) is 0 Å². The van der Waals surface area contributed by atoms with Crippen molar-refractivity contribution in [1.82, 2.24) is 4.90 Å². The minimum atomic E-state index is -0.596. The van der Waals surface area contributed by atoms with Gasteiger partial charge in [0.25, 0.3) is 0 Å². The summed E-state index contributed by atoms with van der Waals surface area (Å²) in [6.45, 7) is 4.29. The average molecular weight is 227 g/mol. The number of aliphatic hydroxyl groups excluding tert-OH is 1. The summed E-state index contributed by atoms with van der Waals surface area (Å²) in [4.78, 5) is 13.4. The number of hydrogen-bond donors (Lipinski definition) is 1. The van der Waals surface area contributed by atoms with Crippen LogP contribution < -0.4 is 0 Å². The fourth-order valence-corrected chi connectivity index (χ4v) is 3.07. The van der Waals surface area contributed by atoms with Crippen LogP contribution in [0.4, 0.5) is 0 Å². The van der Waals surface area contributed by atoms with Gasteiger partial charge >= 0.3 is 0 Å². The Morgan fingerprint density at radius 2 is 2.19 bits per heavy atom. The van der Waals surface area contributed by atoms with Crippen LogP contribution in [0.15, 0.2) is 0 Å². The number of amides is 1. The second-order valence-corrected chi connectivity index (χ2v) is 5.28. The summed E-state index contributed by atoms with van der Waals surface area (Å²) in [5.74, 6) is -0.489. The maximum absolute atomic E-state index is 11.7. The van der Waals surface area contributed by atoms with Crippen LogP contribution in [0.25, 0.3) is 0 Å². The second-order valence-electron chi connectivity index (χ2n) is 5.28. The van der Waals surface area contributed by atoms with Crippen LogP contribution in [0.3, 0.4) is 0 Å². The van der Waals surface area contributed by atoms with Gasteiger partial charge in [-0.25, -0.2) is 0 Å². The number of hydrogen-bond acceptors (Lipinski definition) is 4. The molecule has 90 valence electrons. The Hall–Kier alpha value is -0.650. The summed E-state index contributed by atoms with van der Waals surface area (Å²) in [5.41, 5.74) is 0. The highest BCUT2D eigenvalue weighted by Crippen LogP contribution is 2.40. The zero-order chi connectivity index (χ0) is 11.5. The van der Waals surface area contributed by atoms with Crippen LogP contribution in [0, 0.1) is 0 Å². The zero-order valence-electron chi connectivity index (χ0n) is 9.55. The number of rotatable bonds is 0. The Bertz CT molecular complexity index is 330. The van der Waals surface area contributed by atoms with E-state index in [-0.39, 0.29) is 24.2 Å². The molecule has 3 fully saturated rings. The van der Waals surface area contributed by atoms with E-state index in [0.717, 1.165) is 0 Å². The van der Waals surface area contributed by atoms with E-state index in [1.54, 1.807) is 4.90 Å². The van der Waals surface area contributed by atoms with E-state index in [4.69, 9.17) is 9.47 Å². The molecule has 0 aromatic carbocycles. The number of ether oxygens (including phenoxy) is 2. The standard InChI is InChI=1S/C11H17NO4/c1-11(2)15-7-5-12-8(14)4-3-6(13)9(12)10(7)16-11/h6-7,9-10,13H,3-5H2,1-2H3/t6-,7-,9-,10-/m1/s1. The van der Waals surface area contributed by atoms with Gasteiger partial charge in [-0.15, -0.1) is 0 Å². The third-order valence-electron chi connectivity index (χ3n) is 3.66. The van der Waals surface area contributed by atoms with Crippen LogP contribution in [0.5, 0.6) is 0 Å². The fourth-order valence-electron chi connectivity index (χ4n) is 3.07. The number of carbonyl (C=O) groups is 1. The van der Waals surface area contributed by atoms with Gasteiger partial charge in [0.05, 0.1) is 18.7 Å². The Morgan fingerprint density at radius 3 is 2.94 bits per heavy atom. The molecule has 0 aromatic heterocycles. The van der Waals surface area contributed by atoms with Crippen molar-refractivity contribution in [2.24, 2.45) is 0 Å². The van der Waals surface area contributed by atoms with Crippen LogP contribution >= 0.6 is 0 Å². The first-order valence-corrected chi connectivity index (χ1v) is 5.81. The first kappa shape index (κ1) is 10.5. The van der Waals surface area contributed by atoms with Gasteiger partial charge in [-0.1, -0.05) is 0 Å². The molecule has 3 aliphatic heterocycles. The van der Waals surface area contributed by atoms with Crippen molar-refractivity contribution in [2.75, 3.05) is 6.54 Å². The summed E-state index contributed by atoms with van der Waals surface area (Å²) in [6.07, 6.45) is 0.226. The molecule has 1 amide bonds.